The molecule has 3 heteroatoms. The van der Waals surface area contributed by atoms with Gasteiger partial charge in [-0.05, 0) is 17.4 Å². The third-order valence-electron chi connectivity index (χ3n) is 1.67. The first-order valence-corrected chi connectivity index (χ1v) is 7.21. The fraction of sp³-hybridized carbons (Fsp3) is 0.400. The van der Waals surface area contributed by atoms with Gasteiger partial charge in [0.25, 0.3) is 0 Å². The van der Waals surface area contributed by atoms with Gasteiger partial charge in [0.2, 0.25) is 0 Å². The minimum Gasteiger partial charge on any atom is -0.260 e. The van der Waals surface area contributed by atoms with Crippen molar-refractivity contribution in [3.63, 3.8) is 0 Å². The van der Waals surface area contributed by atoms with E-state index >= 15 is 0 Å². The third kappa shape index (κ3) is 3.96. The van der Waals surface area contributed by atoms with Crippen molar-refractivity contribution in [1.29, 1.82) is 0 Å². The molecule has 1 unspecified atom stereocenters. The summed E-state index contributed by atoms with van der Waals surface area (Å²) < 4.78 is 11.0. The molecule has 72 valence electrons. The monoisotopic (exact) mass is 214 g/mol. The molecule has 0 saturated carbocycles. The summed E-state index contributed by atoms with van der Waals surface area (Å²) >= 11 is 1.81. The first-order valence-electron chi connectivity index (χ1n) is 4.09. The molecule has 13 heavy (non-hydrogen) atoms. The summed E-state index contributed by atoms with van der Waals surface area (Å²) in [5, 5.41) is 0. The quantitative estimate of drug-likeness (QED) is 0.765. The highest BCUT2D eigenvalue weighted by Crippen LogP contribution is 2.12. The van der Waals surface area contributed by atoms with Crippen LogP contribution in [-0.2, 0) is 22.3 Å². The maximum absolute atomic E-state index is 11.0. The van der Waals surface area contributed by atoms with Crippen molar-refractivity contribution in [1.82, 2.24) is 0 Å². The normalized spacial score (nSPS) is 12.8. The molecule has 0 heterocycles. The summed E-state index contributed by atoms with van der Waals surface area (Å²) in [5.41, 5.74) is 2.49. The van der Waals surface area contributed by atoms with Gasteiger partial charge >= 0.3 is 0 Å². The molecular weight excluding hydrogens is 200 g/mol. The predicted octanol–water partition coefficient (Wildman–Crippen LogP) is 2.43. The standard InChI is InChI=1S/C10H14OS2/c1-12-7-9-4-3-5-10(6-9)8-13(2)11/h3-6H,7-8H2,1-2H3. The molecule has 0 aliphatic heterocycles. The Hall–Kier alpha value is -0.280. The average Bonchev–Trinajstić information content (AvgIpc) is 2.04. The fourth-order valence-electron chi connectivity index (χ4n) is 1.21. The van der Waals surface area contributed by atoms with Gasteiger partial charge in [0.05, 0.1) is 0 Å². The van der Waals surface area contributed by atoms with Crippen molar-refractivity contribution in [2.45, 2.75) is 11.5 Å². The highest BCUT2D eigenvalue weighted by atomic mass is 32.2. The summed E-state index contributed by atoms with van der Waals surface area (Å²) in [7, 11) is -0.736. The predicted molar refractivity (Wildman–Crippen MR) is 61.4 cm³/mol. The second-order valence-corrected chi connectivity index (χ2v) is 5.27. The van der Waals surface area contributed by atoms with E-state index in [2.05, 4.69) is 18.4 Å². The SMILES string of the molecule is CSCc1cccc(CS(C)=O)c1. The van der Waals surface area contributed by atoms with Crippen molar-refractivity contribution in [3.8, 4) is 0 Å². The van der Waals surface area contributed by atoms with E-state index in [1.165, 1.54) is 11.1 Å². The van der Waals surface area contributed by atoms with Crippen LogP contribution in [0.2, 0.25) is 0 Å². The Kier molecular flexibility index (Phi) is 4.53. The Balaban J connectivity index is 2.73. The van der Waals surface area contributed by atoms with Gasteiger partial charge in [0, 0.05) is 28.6 Å². The van der Waals surface area contributed by atoms with Crippen LogP contribution >= 0.6 is 11.8 Å². The lowest BCUT2D eigenvalue weighted by atomic mass is 10.2. The number of benzene rings is 1. The fourth-order valence-corrected chi connectivity index (χ4v) is 2.37. The van der Waals surface area contributed by atoms with E-state index in [9.17, 15) is 4.21 Å². The average molecular weight is 214 g/mol. The molecule has 0 spiro atoms. The van der Waals surface area contributed by atoms with Crippen molar-refractivity contribution in [3.05, 3.63) is 35.4 Å². The molecule has 0 fully saturated rings. The number of rotatable bonds is 4. The summed E-state index contributed by atoms with van der Waals surface area (Å²) in [6, 6.07) is 8.31. The summed E-state index contributed by atoms with van der Waals surface area (Å²) in [4.78, 5) is 0. The third-order valence-corrected chi connectivity index (χ3v) is 3.03. The zero-order valence-electron chi connectivity index (χ0n) is 7.95. The van der Waals surface area contributed by atoms with Gasteiger partial charge in [-0.2, -0.15) is 11.8 Å². The zero-order valence-corrected chi connectivity index (χ0v) is 9.58. The Morgan fingerprint density at radius 3 is 2.69 bits per heavy atom. The highest BCUT2D eigenvalue weighted by Gasteiger charge is 1.97. The van der Waals surface area contributed by atoms with Gasteiger partial charge in [-0.1, -0.05) is 24.3 Å². The van der Waals surface area contributed by atoms with E-state index in [4.69, 9.17) is 0 Å². The van der Waals surface area contributed by atoms with Crippen LogP contribution in [0, 0.1) is 0 Å². The first kappa shape index (κ1) is 10.8. The van der Waals surface area contributed by atoms with E-state index in [-0.39, 0.29) is 0 Å². The minimum atomic E-state index is -0.736. The molecule has 0 saturated heterocycles. The first-order chi connectivity index (χ1) is 6.22. The van der Waals surface area contributed by atoms with Crippen molar-refractivity contribution >= 4 is 22.6 Å². The smallest absolute Gasteiger partial charge is 0.0482 e. The van der Waals surface area contributed by atoms with Gasteiger partial charge in [-0.25, -0.2) is 0 Å². The number of thioether (sulfide) groups is 1. The number of hydrogen-bond acceptors (Lipinski definition) is 2. The molecule has 0 radical (unpaired) electrons. The molecule has 0 amide bonds. The molecule has 1 aromatic carbocycles. The van der Waals surface area contributed by atoms with Crippen LogP contribution in [0.25, 0.3) is 0 Å². The van der Waals surface area contributed by atoms with Gasteiger partial charge < -0.3 is 0 Å². The van der Waals surface area contributed by atoms with Crippen LogP contribution in [0.15, 0.2) is 24.3 Å². The van der Waals surface area contributed by atoms with Crippen LogP contribution < -0.4 is 0 Å². The highest BCUT2D eigenvalue weighted by molar-refractivity contribution is 7.97. The second kappa shape index (κ2) is 5.45. The van der Waals surface area contributed by atoms with Gasteiger partial charge in [0.15, 0.2) is 0 Å². The van der Waals surface area contributed by atoms with E-state index in [1.807, 2.05) is 12.1 Å². The van der Waals surface area contributed by atoms with E-state index in [1.54, 1.807) is 18.0 Å². The van der Waals surface area contributed by atoms with Crippen LogP contribution in [0.5, 0.6) is 0 Å². The summed E-state index contributed by atoms with van der Waals surface area (Å²) in [6.07, 6.45) is 3.83. The second-order valence-electron chi connectivity index (χ2n) is 2.97. The summed E-state index contributed by atoms with van der Waals surface area (Å²) in [5.74, 6) is 1.70. The maximum atomic E-state index is 11.0. The van der Waals surface area contributed by atoms with Gasteiger partial charge in [-0.3, -0.25) is 4.21 Å². The minimum absolute atomic E-state index is 0.669. The lowest BCUT2D eigenvalue weighted by molar-refractivity contribution is 0.686. The molecule has 1 rings (SSSR count). The molecular formula is C10H14OS2. The molecule has 0 N–H and O–H groups in total. The van der Waals surface area contributed by atoms with Crippen LogP contribution in [0.1, 0.15) is 11.1 Å². The molecule has 1 atom stereocenters. The van der Waals surface area contributed by atoms with E-state index in [0.29, 0.717) is 5.75 Å². The lowest BCUT2D eigenvalue weighted by Crippen LogP contribution is -1.92. The Morgan fingerprint density at radius 1 is 1.38 bits per heavy atom. The van der Waals surface area contributed by atoms with Crippen LogP contribution in [0.4, 0.5) is 0 Å². The molecule has 0 aliphatic carbocycles. The van der Waals surface area contributed by atoms with E-state index in [0.717, 1.165) is 5.75 Å². The van der Waals surface area contributed by atoms with Gasteiger partial charge in [-0.15, -0.1) is 0 Å². The van der Waals surface area contributed by atoms with Crippen molar-refractivity contribution < 1.29 is 4.21 Å². The van der Waals surface area contributed by atoms with Crippen LogP contribution in [-0.4, -0.2) is 16.7 Å². The maximum Gasteiger partial charge on any atom is 0.0482 e. The Morgan fingerprint density at radius 2 is 2.08 bits per heavy atom. The molecule has 1 nitrogen and oxygen atoms in total. The Bertz CT molecular complexity index is 297. The van der Waals surface area contributed by atoms with E-state index < -0.39 is 10.8 Å². The zero-order chi connectivity index (χ0) is 9.68. The molecule has 0 bridgehead atoms. The van der Waals surface area contributed by atoms with Crippen LogP contribution in [0.3, 0.4) is 0 Å². The Labute approximate surface area is 86.4 Å². The summed E-state index contributed by atoms with van der Waals surface area (Å²) in [6.45, 7) is 0. The molecule has 1 aromatic rings. The topological polar surface area (TPSA) is 17.1 Å². The van der Waals surface area contributed by atoms with Crippen molar-refractivity contribution in [2.75, 3.05) is 12.5 Å². The largest absolute Gasteiger partial charge is 0.260 e. The molecule has 0 aliphatic rings. The number of hydrogen-bond donors (Lipinski definition) is 0. The molecule has 0 aromatic heterocycles. The van der Waals surface area contributed by atoms with Crippen molar-refractivity contribution in [2.24, 2.45) is 0 Å². The van der Waals surface area contributed by atoms with Gasteiger partial charge in [0.1, 0.15) is 0 Å². The lowest BCUT2D eigenvalue weighted by Gasteiger charge is -2.02.